The number of methoxy groups -OCH3 is 1. The van der Waals surface area contributed by atoms with Crippen LogP contribution in [0.4, 0.5) is 11.4 Å². The highest BCUT2D eigenvalue weighted by molar-refractivity contribution is 8.19. The van der Waals surface area contributed by atoms with Gasteiger partial charge in [0, 0.05) is 0 Å². The van der Waals surface area contributed by atoms with Crippen molar-refractivity contribution in [1.29, 1.82) is 0 Å². The fraction of sp³-hybridized carbons (Fsp3) is 0.214. The normalized spacial score (nSPS) is 16.1. The van der Waals surface area contributed by atoms with Crippen LogP contribution in [0.5, 0.6) is 5.75 Å². The van der Waals surface area contributed by atoms with Gasteiger partial charge in [0.15, 0.2) is 5.17 Å². The molecular formula is C28H28N2O2S. The van der Waals surface area contributed by atoms with Crippen LogP contribution in [0, 0.1) is 6.92 Å². The minimum atomic E-state index is -0.0663. The molecule has 1 amide bonds. The predicted octanol–water partition coefficient (Wildman–Crippen LogP) is 6.94. The zero-order chi connectivity index (χ0) is 23.4. The summed E-state index contributed by atoms with van der Waals surface area (Å²) in [7, 11) is 1.65. The van der Waals surface area contributed by atoms with Crippen LogP contribution in [0.15, 0.2) is 76.6 Å². The average Bonchev–Trinajstić information content (AvgIpc) is 3.15. The van der Waals surface area contributed by atoms with E-state index >= 15 is 0 Å². The first kappa shape index (κ1) is 22.9. The Morgan fingerprint density at radius 2 is 1.58 bits per heavy atom. The van der Waals surface area contributed by atoms with Crippen LogP contribution in [0.25, 0.3) is 6.08 Å². The number of aliphatic imine (C=N–C) groups is 1. The summed E-state index contributed by atoms with van der Waals surface area (Å²) in [6.07, 6.45) is 3.88. The summed E-state index contributed by atoms with van der Waals surface area (Å²) in [6, 6.07) is 22.2. The van der Waals surface area contributed by atoms with E-state index in [0.29, 0.717) is 10.1 Å². The fourth-order valence-electron chi connectivity index (χ4n) is 3.65. The fourth-order valence-corrected chi connectivity index (χ4v) is 4.64. The van der Waals surface area contributed by atoms with Gasteiger partial charge in [-0.25, -0.2) is 4.99 Å². The van der Waals surface area contributed by atoms with Crippen LogP contribution in [-0.4, -0.2) is 18.2 Å². The first-order valence-electron chi connectivity index (χ1n) is 11.2. The van der Waals surface area contributed by atoms with Gasteiger partial charge in [-0.05, 0) is 96.3 Å². The Bertz CT molecular complexity index is 1210. The van der Waals surface area contributed by atoms with Crippen molar-refractivity contribution in [2.75, 3.05) is 12.0 Å². The van der Waals surface area contributed by atoms with E-state index in [0.717, 1.165) is 41.1 Å². The molecule has 3 aromatic carbocycles. The second-order valence-electron chi connectivity index (χ2n) is 7.91. The summed E-state index contributed by atoms with van der Waals surface area (Å²) < 4.78 is 5.31. The highest BCUT2D eigenvalue weighted by Gasteiger charge is 2.34. The number of hydrogen-bond donors (Lipinski definition) is 0. The van der Waals surface area contributed by atoms with Gasteiger partial charge in [0.25, 0.3) is 5.91 Å². The number of thioether (sulfide) groups is 1. The summed E-state index contributed by atoms with van der Waals surface area (Å²) in [6.45, 7) is 6.27. The van der Waals surface area contributed by atoms with E-state index in [1.54, 1.807) is 12.0 Å². The lowest BCUT2D eigenvalue weighted by Crippen LogP contribution is -2.28. The quantitative estimate of drug-likeness (QED) is 0.377. The molecule has 33 heavy (non-hydrogen) atoms. The van der Waals surface area contributed by atoms with Crippen LogP contribution in [0.2, 0.25) is 0 Å². The van der Waals surface area contributed by atoms with Gasteiger partial charge in [0.2, 0.25) is 0 Å². The Labute approximate surface area is 200 Å². The van der Waals surface area contributed by atoms with Gasteiger partial charge in [-0.3, -0.25) is 9.69 Å². The third kappa shape index (κ3) is 5.04. The lowest BCUT2D eigenvalue weighted by Gasteiger charge is -2.16. The number of rotatable bonds is 6. The number of amides is 1. The van der Waals surface area contributed by atoms with Crippen molar-refractivity contribution in [3.63, 3.8) is 0 Å². The standard InChI is InChI=1S/C28H28N2O2S/c1-5-20-7-12-23(13-8-20)29-28-30(24-14-9-21(6-2)10-15-24)27(31)26(33-28)18-22-11-16-25(32-4)17-19(22)3/h7-18H,5-6H2,1-4H3/b26-18-,29-28?. The molecule has 1 aliphatic rings. The van der Waals surface area contributed by atoms with Gasteiger partial charge < -0.3 is 4.74 Å². The van der Waals surface area contributed by atoms with E-state index in [2.05, 4.69) is 38.1 Å². The van der Waals surface area contributed by atoms with Crippen molar-refractivity contribution in [2.45, 2.75) is 33.6 Å². The number of amidine groups is 1. The first-order chi connectivity index (χ1) is 16.0. The van der Waals surface area contributed by atoms with E-state index in [9.17, 15) is 4.79 Å². The highest BCUT2D eigenvalue weighted by atomic mass is 32.2. The highest BCUT2D eigenvalue weighted by Crippen LogP contribution is 2.38. The lowest BCUT2D eigenvalue weighted by atomic mass is 10.1. The molecule has 5 heteroatoms. The average molecular weight is 457 g/mol. The predicted molar refractivity (Wildman–Crippen MR) is 140 cm³/mol. The molecule has 3 aromatic rings. The summed E-state index contributed by atoms with van der Waals surface area (Å²) >= 11 is 1.41. The molecule has 1 heterocycles. The maximum absolute atomic E-state index is 13.5. The van der Waals surface area contributed by atoms with E-state index in [1.165, 1.54) is 22.9 Å². The molecule has 4 rings (SSSR count). The van der Waals surface area contributed by atoms with E-state index in [1.807, 2.05) is 55.5 Å². The van der Waals surface area contributed by atoms with E-state index in [4.69, 9.17) is 9.73 Å². The third-order valence-electron chi connectivity index (χ3n) is 5.74. The van der Waals surface area contributed by atoms with Gasteiger partial charge in [-0.1, -0.05) is 44.2 Å². The number of carbonyl (C=O) groups is 1. The van der Waals surface area contributed by atoms with Crippen LogP contribution >= 0.6 is 11.8 Å². The minimum Gasteiger partial charge on any atom is -0.497 e. The Morgan fingerprint density at radius 3 is 2.15 bits per heavy atom. The van der Waals surface area contributed by atoms with Gasteiger partial charge in [-0.15, -0.1) is 0 Å². The van der Waals surface area contributed by atoms with Crippen molar-refractivity contribution < 1.29 is 9.53 Å². The molecule has 0 spiro atoms. The van der Waals surface area contributed by atoms with Crippen LogP contribution < -0.4 is 9.64 Å². The van der Waals surface area contributed by atoms with Gasteiger partial charge in [0.05, 0.1) is 23.4 Å². The number of benzene rings is 3. The Balaban J connectivity index is 1.75. The second kappa shape index (κ2) is 10.1. The molecule has 4 nitrogen and oxygen atoms in total. The maximum atomic E-state index is 13.5. The largest absolute Gasteiger partial charge is 0.497 e. The maximum Gasteiger partial charge on any atom is 0.271 e. The first-order valence-corrected chi connectivity index (χ1v) is 12.0. The Morgan fingerprint density at radius 1 is 0.939 bits per heavy atom. The van der Waals surface area contributed by atoms with Crippen molar-refractivity contribution in [2.24, 2.45) is 4.99 Å². The number of carbonyl (C=O) groups excluding carboxylic acids is 1. The van der Waals surface area contributed by atoms with E-state index in [-0.39, 0.29) is 5.91 Å². The Hall–Kier alpha value is -3.31. The SMILES string of the molecule is CCc1ccc(N=C2S/C(=C\c3ccc(OC)cc3C)C(=O)N2c2ccc(CC)cc2)cc1. The number of ether oxygens (including phenoxy) is 1. The molecule has 0 radical (unpaired) electrons. The molecule has 1 aliphatic heterocycles. The number of hydrogen-bond acceptors (Lipinski definition) is 4. The van der Waals surface area contributed by atoms with Crippen molar-refractivity contribution >= 4 is 40.3 Å². The number of anilines is 1. The molecule has 1 fully saturated rings. The minimum absolute atomic E-state index is 0.0663. The van der Waals surface area contributed by atoms with Crippen LogP contribution in [-0.2, 0) is 17.6 Å². The van der Waals surface area contributed by atoms with Crippen molar-refractivity contribution in [3.05, 3.63) is 93.9 Å². The summed E-state index contributed by atoms with van der Waals surface area (Å²) in [5.41, 5.74) is 6.19. The van der Waals surface area contributed by atoms with Gasteiger partial charge >= 0.3 is 0 Å². The molecule has 0 bridgehead atoms. The molecule has 0 unspecified atom stereocenters. The third-order valence-corrected chi connectivity index (χ3v) is 6.71. The summed E-state index contributed by atoms with van der Waals surface area (Å²) in [4.78, 5) is 20.7. The summed E-state index contributed by atoms with van der Waals surface area (Å²) in [5.74, 6) is 0.735. The molecule has 0 N–H and O–H groups in total. The van der Waals surface area contributed by atoms with Crippen molar-refractivity contribution in [1.82, 2.24) is 0 Å². The second-order valence-corrected chi connectivity index (χ2v) is 8.92. The van der Waals surface area contributed by atoms with E-state index < -0.39 is 0 Å². The Kier molecular flexibility index (Phi) is 6.99. The van der Waals surface area contributed by atoms with Crippen molar-refractivity contribution in [3.8, 4) is 5.75 Å². The summed E-state index contributed by atoms with van der Waals surface area (Å²) in [5, 5.41) is 0.658. The molecule has 0 saturated carbocycles. The molecule has 0 atom stereocenters. The van der Waals surface area contributed by atoms with Gasteiger partial charge in [0.1, 0.15) is 5.75 Å². The monoisotopic (exact) mass is 456 g/mol. The number of nitrogens with zero attached hydrogens (tertiary/aromatic N) is 2. The van der Waals surface area contributed by atoms with Crippen LogP contribution in [0.1, 0.15) is 36.1 Å². The molecular weight excluding hydrogens is 428 g/mol. The molecule has 168 valence electrons. The smallest absolute Gasteiger partial charge is 0.271 e. The molecule has 1 saturated heterocycles. The lowest BCUT2D eigenvalue weighted by molar-refractivity contribution is -0.113. The number of aryl methyl sites for hydroxylation is 3. The zero-order valence-electron chi connectivity index (χ0n) is 19.5. The van der Waals surface area contributed by atoms with Crippen LogP contribution in [0.3, 0.4) is 0 Å². The topological polar surface area (TPSA) is 41.9 Å². The van der Waals surface area contributed by atoms with Gasteiger partial charge in [-0.2, -0.15) is 0 Å². The zero-order valence-corrected chi connectivity index (χ0v) is 20.3. The molecule has 0 aromatic heterocycles. The molecule has 0 aliphatic carbocycles.